The van der Waals surface area contributed by atoms with E-state index in [1.165, 1.54) is 12.5 Å². The fourth-order valence-corrected chi connectivity index (χ4v) is 2.83. The van der Waals surface area contributed by atoms with Gasteiger partial charge >= 0.3 is 0 Å². The molecule has 1 fully saturated rings. The number of hydrogen-bond donors (Lipinski definition) is 1. The Morgan fingerprint density at radius 3 is 2.88 bits per heavy atom. The lowest BCUT2D eigenvalue weighted by molar-refractivity contribution is 0.238. The van der Waals surface area contributed by atoms with Crippen molar-refractivity contribution in [2.45, 2.75) is 19.4 Å². The van der Waals surface area contributed by atoms with E-state index in [0.717, 1.165) is 17.6 Å². The summed E-state index contributed by atoms with van der Waals surface area (Å²) in [4.78, 5) is 2.29. The molecule has 2 atom stereocenters. The van der Waals surface area contributed by atoms with Gasteiger partial charge < -0.3 is 5.73 Å². The zero-order chi connectivity index (χ0) is 12.4. The van der Waals surface area contributed by atoms with Crippen LogP contribution in [0.5, 0.6) is 0 Å². The largest absolute Gasteiger partial charge is 0.329 e. The van der Waals surface area contributed by atoms with Crippen molar-refractivity contribution in [2.24, 2.45) is 11.7 Å². The Bertz CT molecular complexity index is 397. The summed E-state index contributed by atoms with van der Waals surface area (Å²) in [6.45, 7) is 4.71. The topological polar surface area (TPSA) is 29.3 Å². The average molecular weight is 301 g/mol. The van der Waals surface area contributed by atoms with Gasteiger partial charge in [-0.2, -0.15) is 0 Å². The second-order valence-electron chi connectivity index (χ2n) is 4.81. The second kappa shape index (κ2) is 5.46. The van der Waals surface area contributed by atoms with E-state index in [4.69, 9.17) is 5.73 Å². The van der Waals surface area contributed by atoms with Crippen molar-refractivity contribution in [3.05, 3.63) is 34.1 Å². The minimum absolute atomic E-state index is 0.00745. The minimum Gasteiger partial charge on any atom is -0.329 e. The fourth-order valence-electron chi connectivity index (χ4n) is 2.50. The smallest absolute Gasteiger partial charge is 0.129 e. The molecule has 2 nitrogen and oxygen atoms in total. The second-order valence-corrected chi connectivity index (χ2v) is 5.72. The molecule has 2 unspecified atom stereocenters. The number of likely N-dealkylation sites (tertiary alicyclic amines) is 1. The van der Waals surface area contributed by atoms with Gasteiger partial charge in [0.05, 0.1) is 0 Å². The summed E-state index contributed by atoms with van der Waals surface area (Å²) in [5, 5.41) is 0. The predicted octanol–water partition coefficient (Wildman–Crippen LogP) is 2.93. The molecule has 1 aliphatic rings. The van der Waals surface area contributed by atoms with Crippen LogP contribution >= 0.6 is 15.9 Å². The van der Waals surface area contributed by atoms with E-state index < -0.39 is 0 Å². The van der Waals surface area contributed by atoms with Crippen LogP contribution in [0.15, 0.2) is 22.7 Å². The van der Waals surface area contributed by atoms with Crippen LogP contribution < -0.4 is 5.73 Å². The molecule has 0 bridgehead atoms. The molecule has 1 aromatic carbocycles. The van der Waals surface area contributed by atoms with Gasteiger partial charge in [-0.25, -0.2) is 4.39 Å². The van der Waals surface area contributed by atoms with E-state index in [0.29, 0.717) is 18.0 Å². The first-order valence-electron chi connectivity index (χ1n) is 6.01. The number of nitrogens with zero attached hydrogens (tertiary/aromatic N) is 1. The maximum atomic E-state index is 13.9. The number of halogens is 2. The average Bonchev–Trinajstić information content (AvgIpc) is 2.69. The van der Waals surface area contributed by atoms with E-state index in [1.807, 2.05) is 12.1 Å². The molecule has 0 spiro atoms. The van der Waals surface area contributed by atoms with Crippen LogP contribution in [-0.4, -0.2) is 24.5 Å². The Labute approximate surface area is 110 Å². The Kier molecular flexibility index (Phi) is 4.17. The molecule has 2 N–H and O–H groups in total. The molecule has 1 aromatic rings. The van der Waals surface area contributed by atoms with Gasteiger partial charge in [0, 0.05) is 29.2 Å². The van der Waals surface area contributed by atoms with Crippen molar-refractivity contribution in [3.63, 3.8) is 0 Å². The monoisotopic (exact) mass is 300 g/mol. The zero-order valence-corrected chi connectivity index (χ0v) is 11.6. The van der Waals surface area contributed by atoms with Gasteiger partial charge in [0.25, 0.3) is 0 Å². The van der Waals surface area contributed by atoms with Crippen LogP contribution in [0.25, 0.3) is 0 Å². The third-order valence-corrected chi connectivity index (χ3v) is 3.93. The van der Waals surface area contributed by atoms with E-state index in [9.17, 15) is 4.39 Å². The molecular formula is C13H18BrFN2. The lowest BCUT2D eigenvalue weighted by Crippen LogP contribution is -2.32. The highest BCUT2D eigenvalue weighted by Crippen LogP contribution is 2.29. The zero-order valence-electron chi connectivity index (χ0n) is 10.00. The number of benzene rings is 1. The minimum atomic E-state index is -0.172. The molecule has 0 radical (unpaired) electrons. The van der Waals surface area contributed by atoms with Gasteiger partial charge in [0.2, 0.25) is 0 Å². The molecule has 1 saturated heterocycles. The van der Waals surface area contributed by atoms with E-state index in [-0.39, 0.29) is 11.9 Å². The summed E-state index contributed by atoms with van der Waals surface area (Å²) in [5.74, 6) is 0.511. The van der Waals surface area contributed by atoms with Gasteiger partial charge in [0.1, 0.15) is 5.82 Å². The maximum Gasteiger partial charge on any atom is 0.129 e. The van der Waals surface area contributed by atoms with Gasteiger partial charge in [-0.3, -0.25) is 4.90 Å². The van der Waals surface area contributed by atoms with Crippen LogP contribution in [-0.2, 0) is 0 Å². The normalized spacial score (nSPS) is 22.9. The molecule has 94 valence electrons. The SMILES string of the molecule is CC1CCN(C(CN)c2ccc(Br)cc2F)C1. The standard InChI is InChI=1S/C13H18BrFN2/c1-9-4-5-17(8-9)13(7-16)11-3-2-10(14)6-12(11)15/h2-3,6,9,13H,4-5,7-8,16H2,1H3. The van der Waals surface area contributed by atoms with Crippen LogP contribution in [0.3, 0.4) is 0 Å². The Balaban J connectivity index is 2.23. The molecule has 1 heterocycles. The molecule has 2 rings (SSSR count). The molecule has 0 saturated carbocycles. The van der Waals surface area contributed by atoms with Crippen LogP contribution in [0.4, 0.5) is 4.39 Å². The fraction of sp³-hybridized carbons (Fsp3) is 0.538. The van der Waals surface area contributed by atoms with Crippen LogP contribution in [0, 0.1) is 11.7 Å². The highest BCUT2D eigenvalue weighted by Gasteiger charge is 2.27. The summed E-state index contributed by atoms with van der Waals surface area (Å²) >= 11 is 3.28. The third kappa shape index (κ3) is 2.87. The molecule has 4 heteroatoms. The molecule has 0 aliphatic carbocycles. The van der Waals surface area contributed by atoms with E-state index in [1.54, 1.807) is 0 Å². The van der Waals surface area contributed by atoms with Crippen molar-refractivity contribution in [3.8, 4) is 0 Å². The molecule has 17 heavy (non-hydrogen) atoms. The number of hydrogen-bond acceptors (Lipinski definition) is 2. The summed E-state index contributed by atoms with van der Waals surface area (Å²) in [7, 11) is 0. The molecule has 0 amide bonds. The van der Waals surface area contributed by atoms with E-state index >= 15 is 0 Å². The summed E-state index contributed by atoms with van der Waals surface area (Å²) in [6, 6.07) is 5.23. The van der Waals surface area contributed by atoms with Gasteiger partial charge in [0.15, 0.2) is 0 Å². The first-order chi connectivity index (χ1) is 8.11. The van der Waals surface area contributed by atoms with Crippen LogP contribution in [0.1, 0.15) is 24.9 Å². The highest BCUT2D eigenvalue weighted by atomic mass is 79.9. The van der Waals surface area contributed by atoms with Crippen molar-refractivity contribution in [1.29, 1.82) is 0 Å². The number of rotatable bonds is 3. The first kappa shape index (κ1) is 13.0. The van der Waals surface area contributed by atoms with Gasteiger partial charge in [-0.05, 0) is 31.0 Å². The summed E-state index contributed by atoms with van der Waals surface area (Å²) < 4.78 is 14.7. The van der Waals surface area contributed by atoms with Crippen molar-refractivity contribution >= 4 is 15.9 Å². The van der Waals surface area contributed by atoms with Gasteiger partial charge in [-0.1, -0.05) is 28.9 Å². The first-order valence-corrected chi connectivity index (χ1v) is 6.80. The Hall–Kier alpha value is -0.450. The number of nitrogens with two attached hydrogens (primary N) is 1. The summed E-state index contributed by atoms with van der Waals surface area (Å²) in [5.41, 5.74) is 6.53. The molecule has 0 aromatic heterocycles. The lowest BCUT2D eigenvalue weighted by Gasteiger charge is -2.27. The Morgan fingerprint density at radius 2 is 2.35 bits per heavy atom. The highest BCUT2D eigenvalue weighted by molar-refractivity contribution is 9.10. The van der Waals surface area contributed by atoms with Crippen LogP contribution in [0.2, 0.25) is 0 Å². The Morgan fingerprint density at radius 1 is 1.59 bits per heavy atom. The third-order valence-electron chi connectivity index (χ3n) is 3.44. The molecular weight excluding hydrogens is 283 g/mol. The summed E-state index contributed by atoms with van der Waals surface area (Å²) in [6.07, 6.45) is 1.18. The van der Waals surface area contributed by atoms with Crippen molar-refractivity contribution in [1.82, 2.24) is 4.90 Å². The van der Waals surface area contributed by atoms with Gasteiger partial charge in [-0.15, -0.1) is 0 Å². The lowest BCUT2D eigenvalue weighted by atomic mass is 10.0. The quantitative estimate of drug-likeness (QED) is 0.930. The molecule has 1 aliphatic heterocycles. The van der Waals surface area contributed by atoms with Crippen molar-refractivity contribution < 1.29 is 4.39 Å². The van der Waals surface area contributed by atoms with E-state index in [2.05, 4.69) is 27.8 Å². The van der Waals surface area contributed by atoms with Crippen molar-refractivity contribution in [2.75, 3.05) is 19.6 Å². The predicted molar refractivity (Wildman–Crippen MR) is 71.2 cm³/mol. The maximum absolute atomic E-state index is 13.9.